The first-order chi connectivity index (χ1) is 8.72. The molecule has 0 radical (unpaired) electrons. The molecule has 7 heteroatoms. The second-order valence-corrected chi connectivity index (χ2v) is 4.11. The Kier molecular flexibility index (Phi) is 6.82. The van der Waals surface area contributed by atoms with Crippen LogP contribution in [-0.4, -0.2) is 66.0 Å². The normalized spacial score (nSPS) is 19.1. The molecule has 1 fully saturated rings. The zero-order valence-corrected chi connectivity index (χ0v) is 10.8. The Bertz CT molecular complexity index is 297. The predicted octanol–water partition coefficient (Wildman–Crippen LogP) is -1.10. The van der Waals surface area contributed by atoms with Crippen LogP contribution in [0.5, 0.6) is 0 Å². The predicted molar refractivity (Wildman–Crippen MR) is 67.8 cm³/mol. The summed E-state index contributed by atoms with van der Waals surface area (Å²) in [4.78, 5) is 13.1. The second-order valence-electron chi connectivity index (χ2n) is 4.11. The van der Waals surface area contributed by atoms with E-state index < -0.39 is 0 Å². The Balaban J connectivity index is 0.000000225. The van der Waals surface area contributed by atoms with Crippen molar-refractivity contribution in [1.82, 2.24) is 30.9 Å². The molecular weight excluding hydrogens is 232 g/mol. The van der Waals surface area contributed by atoms with Crippen LogP contribution in [0.2, 0.25) is 0 Å². The summed E-state index contributed by atoms with van der Waals surface area (Å²) in [7, 11) is 3.57. The molecule has 1 saturated heterocycles. The van der Waals surface area contributed by atoms with Crippen molar-refractivity contribution in [1.29, 1.82) is 0 Å². The molecule has 2 rings (SSSR count). The van der Waals surface area contributed by atoms with Crippen molar-refractivity contribution < 1.29 is 4.79 Å². The molecule has 1 aromatic heterocycles. The van der Waals surface area contributed by atoms with E-state index >= 15 is 0 Å². The molecule has 2 heterocycles. The summed E-state index contributed by atoms with van der Waals surface area (Å²) < 4.78 is 0. The van der Waals surface area contributed by atoms with Crippen LogP contribution in [0.1, 0.15) is 6.42 Å². The lowest BCUT2D eigenvalue weighted by Gasteiger charge is -2.19. The Hall–Kier alpha value is -1.60. The van der Waals surface area contributed by atoms with Crippen LogP contribution in [0.15, 0.2) is 18.5 Å². The number of aromatic nitrogens is 3. The number of carbonyl (C=O) groups excluding carboxylic acids is 1. The van der Waals surface area contributed by atoms with E-state index in [9.17, 15) is 4.79 Å². The fourth-order valence-electron chi connectivity index (χ4n) is 1.50. The van der Waals surface area contributed by atoms with Crippen molar-refractivity contribution >= 4 is 5.91 Å². The third kappa shape index (κ3) is 5.65. The van der Waals surface area contributed by atoms with E-state index in [-0.39, 0.29) is 11.9 Å². The van der Waals surface area contributed by atoms with Gasteiger partial charge in [0.25, 0.3) is 0 Å². The van der Waals surface area contributed by atoms with E-state index in [1.165, 1.54) is 0 Å². The molecule has 0 aliphatic carbocycles. The maximum Gasteiger partial charge on any atom is 0.240 e. The van der Waals surface area contributed by atoms with Gasteiger partial charge in [-0.25, -0.2) is 0 Å². The SMILES string of the molecule is CN(C)C(=O)C1CNCCCN1.c1cnnnc1. The Morgan fingerprint density at radius 1 is 1.28 bits per heavy atom. The monoisotopic (exact) mass is 252 g/mol. The molecule has 100 valence electrons. The average Bonchev–Trinajstić information content (AvgIpc) is 2.69. The van der Waals surface area contributed by atoms with E-state index in [2.05, 4.69) is 26.0 Å². The maximum atomic E-state index is 11.5. The van der Waals surface area contributed by atoms with Gasteiger partial charge in [-0.15, -0.1) is 10.2 Å². The average molecular weight is 252 g/mol. The van der Waals surface area contributed by atoms with Gasteiger partial charge in [-0.3, -0.25) is 4.79 Å². The first-order valence-corrected chi connectivity index (χ1v) is 5.95. The summed E-state index contributed by atoms with van der Waals surface area (Å²) in [5, 5.41) is 16.6. The molecule has 1 amide bonds. The van der Waals surface area contributed by atoms with E-state index in [0.717, 1.165) is 26.1 Å². The van der Waals surface area contributed by atoms with Crippen LogP contribution in [0.25, 0.3) is 0 Å². The molecule has 2 N–H and O–H groups in total. The van der Waals surface area contributed by atoms with Gasteiger partial charge in [0.1, 0.15) is 0 Å². The highest BCUT2D eigenvalue weighted by Gasteiger charge is 2.20. The zero-order valence-electron chi connectivity index (χ0n) is 10.8. The molecule has 1 aromatic rings. The molecule has 0 saturated carbocycles. The fraction of sp³-hybridized carbons (Fsp3) is 0.636. The number of rotatable bonds is 1. The minimum atomic E-state index is -0.0394. The van der Waals surface area contributed by atoms with Crippen molar-refractivity contribution in [2.24, 2.45) is 0 Å². The Morgan fingerprint density at radius 2 is 2.00 bits per heavy atom. The molecular formula is C11H20N6O. The molecule has 1 atom stereocenters. The van der Waals surface area contributed by atoms with Crippen LogP contribution in [0.4, 0.5) is 0 Å². The van der Waals surface area contributed by atoms with Crippen LogP contribution in [-0.2, 0) is 4.79 Å². The largest absolute Gasteiger partial charge is 0.347 e. The summed E-state index contributed by atoms with van der Waals surface area (Å²) in [5.41, 5.74) is 0. The number of carbonyl (C=O) groups is 1. The van der Waals surface area contributed by atoms with E-state index in [4.69, 9.17) is 0 Å². The van der Waals surface area contributed by atoms with E-state index in [0.29, 0.717) is 0 Å². The van der Waals surface area contributed by atoms with Gasteiger partial charge >= 0.3 is 0 Å². The first-order valence-electron chi connectivity index (χ1n) is 5.95. The third-order valence-electron chi connectivity index (χ3n) is 2.42. The zero-order chi connectivity index (χ0) is 13.2. The van der Waals surface area contributed by atoms with Crippen molar-refractivity contribution in [2.45, 2.75) is 12.5 Å². The first kappa shape index (κ1) is 14.5. The van der Waals surface area contributed by atoms with Crippen molar-refractivity contribution in [3.63, 3.8) is 0 Å². The smallest absolute Gasteiger partial charge is 0.240 e. The lowest BCUT2D eigenvalue weighted by molar-refractivity contribution is -0.130. The standard InChI is InChI=1S/C8H17N3O.C3H3N3/c1-11(2)8(12)7-6-9-4-3-5-10-7;1-2-4-6-5-3-1/h7,9-10H,3-6H2,1-2H3;1-3H. The maximum absolute atomic E-state index is 11.5. The number of hydrogen-bond donors (Lipinski definition) is 2. The lowest BCUT2D eigenvalue weighted by atomic mass is 10.2. The van der Waals surface area contributed by atoms with Crippen molar-refractivity contribution in [2.75, 3.05) is 33.7 Å². The van der Waals surface area contributed by atoms with Crippen molar-refractivity contribution in [3.8, 4) is 0 Å². The molecule has 0 spiro atoms. The lowest BCUT2D eigenvalue weighted by Crippen LogP contribution is -2.47. The van der Waals surface area contributed by atoms with Crippen LogP contribution in [0.3, 0.4) is 0 Å². The van der Waals surface area contributed by atoms with Gasteiger partial charge in [0.15, 0.2) is 0 Å². The summed E-state index contributed by atoms with van der Waals surface area (Å²) in [6, 6.07) is 1.68. The number of amides is 1. The van der Waals surface area contributed by atoms with Gasteiger partial charge in [-0.05, 0) is 30.8 Å². The molecule has 0 aromatic carbocycles. The minimum absolute atomic E-state index is 0.0394. The van der Waals surface area contributed by atoms with Gasteiger partial charge in [-0.1, -0.05) is 0 Å². The number of nitrogens with one attached hydrogen (secondary N) is 2. The molecule has 1 aliphatic heterocycles. The molecule has 18 heavy (non-hydrogen) atoms. The Morgan fingerprint density at radius 3 is 2.50 bits per heavy atom. The quantitative estimate of drug-likeness (QED) is 0.660. The highest BCUT2D eigenvalue weighted by molar-refractivity contribution is 5.81. The molecule has 0 bridgehead atoms. The van der Waals surface area contributed by atoms with Crippen LogP contribution < -0.4 is 10.6 Å². The molecule has 7 nitrogen and oxygen atoms in total. The van der Waals surface area contributed by atoms with Crippen LogP contribution >= 0.6 is 0 Å². The Labute approximate surface area is 107 Å². The van der Waals surface area contributed by atoms with Crippen LogP contribution in [0, 0.1) is 0 Å². The van der Waals surface area contributed by atoms with Gasteiger partial charge < -0.3 is 15.5 Å². The summed E-state index contributed by atoms with van der Waals surface area (Å²) in [6.07, 6.45) is 4.25. The number of hydrogen-bond acceptors (Lipinski definition) is 6. The van der Waals surface area contributed by atoms with Gasteiger partial charge in [0, 0.05) is 20.6 Å². The molecule has 1 aliphatic rings. The highest BCUT2D eigenvalue weighted by atomic mass is 16.2. The van der Waals surface area contributed by atoms with Gasteiger partial charge in [0.05, 0.1) is 18.4 Å². The minimum Gasteiger partial charge on any atom is -0.347 e. The summed E-state index contributed by atoms with van der Waals surface area (Å²) >= 11 is 0. The highest BCUT2D eigenvalue weighted by Crippen LogP contribution is 1.92. The summed E-state index contributed by atoms with van der Waals surface area (Å²) in [6.45, 7) is 2.68. The van der Waals surface area contributed by atoms with Gasteiger partial charge in [-0.2, -0.15) is 0 Å². The molecule has 1 unspecified atom stereocenters. The fourth-order valence-corrected chi connectivity index (χ4v) is 1.50. The third-order valence-corrected chi connectivity index (χ3v) is 2.42. The topological polar surface area (TPSA) is 83.0 Å². The van der Waals surface area contributed by atoms with Crippen molar-refractivity contribution in [3.05, 3.63) is 18.5 Å². The number of likely N-dealkylation sites (N-methyl/N-ethyl adjacent to an activating group) is 1. The second kappa shape index (κ2) is 8.48. The van der Waals surface area contributed by atoms with E-state index in [1.807, 2.05) is 0 Å². The van der Waals surface area contributed by atoms with Gasteiger partial charge in [0.2, 0.25) is 5.91 Å². The summed E-state index contributed by atoms with van der Waals surface area (Å²) in [5.74, 6) is 0.157. The number of nitrogens with zero attached hydrogens (tertiary/aromatic N) is 4. The van der Waals surface area contributed by atoms with E-state index in [1.54, 1.807) is 37.5 Å².